The SMILES string of the molecule is N[C@@H](Cc1ccccc1)C(=O)OCOC(C(=O)OC1CC2CCC(C1)[N+]21CCCC1)(c1ccccc1)c1ccccc1. The Labute approximate surface area is 248 Å². The summed E-state index contributed by atoms with van der Waals surface area (Å²) < 4.78 is 19.5. The normalized spacial score (nSPS) is 23.4. The Morgan fingerprint density at radius 2 is 1.33 bits per heavy atom. The van der Waals surface area contributed by atoms with Crippen molar-refractivity contribution in [3.63, 3.8) is 0 Å². The lowest BCUT2D eigenvalue weighted by Crippen LogP contribution is -2.60. The van der Waals surface area contributed by atoms with Crippen LogP contribution in [0.2, 0.25) is 0 Å². The molecule has 3 aliphatic heterocycles. The first-order chi connectivity index (χ1) is 20.5. The van der Waals surface area contributed by atoms with Crippen molar-refractivity contribution in [2.45, 2.75) is 74.8 Å². The van der Waals surface area contributed by atoms with Crippen LogP contribution in [0, 0.1) is 0 Å². The Morgan fingerprint density at radius 3 is 1.88 bits per heavy atom. The molecule has 3 saturated heterocycles. The minimum Gasteiger partial charge on any atom is -0.459 e. The van der Waals surface area contributed by atoms with Gasteiger partial charge in [-0.05, 0) is 23.1 Å². The van der Waals surface area contributed by atoms with Gasteiger partial charge in [-0.2, -0.15) is 0 Å². The molecular formula is C35H41N2O5+. The first-order valence-electron chi connectivity index (χ1n) is 15.3. The summed E-state index contributed by atoms with van der Waals surface area (Å²) in [5.74, 6) is -1.07. The van der Waals surface area contributed by atoms with Gasteiger partial charge >= 0.3 is 11.9 Å². The summed E-state index contributed by atoms with van der Waals surface area (Å²) in [6, 6.07) is 28.5. The summed E-state index contributed by atoms with van der Waals surface area (Å²) in [7, 11) is 0. The number of quaternary nitrogens is 1. The molecule has 2 N–H and O–H groups in total. The minimum atomic E-state index is -1.61. The summed E-state index contributed by atoms with van der Waals surface area (Å²) in [4.78, 5) is 27.3. The molecule has 0 aliphatic carbocycles. The summed E-state index contributed by atoms with van der Waals surface area (Å²) >= 11 is 0. The van der Waals surface area contributed by atoms with Crippen LogP contribution >= 0.6 is 0 Å². The molecule has 3 aromatic rings. The van der Waals surface area contributed by atoms with Crippen LogP contribution in [0.5, 0.6) is 0 Å². The van der Waals surface area contributed by atoms with E-state index in [-0.39, 0.29) is 6.10 Å². The number of rotatable bonds is 10. The highest BCUT2D eigenvalue weighted by Gasteiger charge is 2.57. The van der Waals surface area contributed by atoms with Crippen molar-refractivity contribution in [1.82, 2.24) is 0 Å². The van der Waals surface area contributed by atoms with Gasteiger partial charge in [-0.3, -0.25) is 4.79 Å². The third-order valence-electron chi connectivity index (χ3n) is 9.76. The lowest BCUT2D eigenvalue weighted by molar-refractivity contribution is -0.956. The van der Waals surface area contributed by atoms with Gasteiger partial charge in [0.15, 0.2) is 6.79 Å². The Hall–Kier alpha value is -3.52. The number of benzene rings is 3. The summed E-state index contributed by atoms with van der Waals surface area (Å²) in [5.41, 5.74) is 6.73. The van der Waals surface area contributed by atoms with Crippen molar-refractivity contribution in [3.05, 3.63) is 108 Å². The van der Waals surface area contributed by atoms with Gasteiger partial charge in [-0.1, -0.05) is 91.0 Å². The fourth-order valence-corrected chi connectivity index (χ4v) is 7.75. The van der Waals surface area contributed by atoms with Gasteiger partial charge in [0.25, 0.3) is 0 Å². The molecule has 0 radical (unpaired) electrons. The van der Waals surface area contributed by atoms with Crippen molar-refractivity contribution >= 4 is 11.9 Å². The van der Waals surface area contributed by atoms with E-state index in [2.05, 4.69) is 0 Å². The van der Waals surface area contributed by atoms with E-state index < -0.39 is 30.4 Å². The monoisotopic (exact) mass is 569 g/mol. The van der Waals surface area contributed by atoms with E-state index in [1.807, 2.05) is 91.0 Å². The molecule has 7 nitrogen and oxygen atoms in total. The molecule has 42 heavy (non-hydrogen) atoms. The maximum atomic E-state index is 14.4. The molecule has 1 spiro atoms. The van der Waals surface area contributed by atoms with E-state index in [0.717, 1.165) is 18.4 Å². The van der Waals surface area contributed by atoms with Gasteiger partial charge in [0.2, 0.25) is 5.60 Å². The van der Waals surface area contributed by atoms with E-state index in [1.165, 1.54) is 43.3 Å². The Balaban J connectivity index is 1.23. The molecule has 3 aromatic carbocycles. The van der Waals surface area contributed by atoms with Crippen LogP contribution in [0.1, 0.15) is 55.2 Å². The molecule has 2 unspecified atom stereocenters. The average molecular weight is 570 g/mol. The lowest BCUT2D eigenvalue weighted by Gasteiger charge is -2.47. The second-order valence-corrected chi connectivity index (χ2v) is 12.1. The molecule has 7 heteroatoms. The molecule has 0 aromatic heterocycles. The molecule has 3 fully saturated rings. The molecular weight excluding hydrogens is 528 g/mol. The number of nitrogens with two attached hydrogens (primary N) is 1. The van der Waals surface area contributed by atoms with Gasteiger partial charge in [0, 0.05) is 38.5 Å². The molecule has 3 atom stereocenters. The Morgan fingerprint density at radius 1 is 0.810 bits per heavy atom. The van der Waals surface area contributed by atoms with Gasteiger partial charge in [-0.25, -0.2) is 4.79 Å². The van der Waals surface area contributed by atoms with Crippen molar-refractivity contribution in [2.75, 3.05) is 19.9 Å². The molecule has 0 saturated carbocycles. The van der Waals surface area contributed by atoms with E-state index >= 15 is 0 Å². The number of ether oxygens (including phenoxy) is 3. The van der Waals surface area contributed by atoms with Crippen molar-refractivity contribution in [2.24, 2.45) is 5.73 Å². The van der Waals surface area contributed by atoms with E-state index in [4.69, 9.17) is 19.9 Å². The van der Waals surface area contributed by atoms with Crippen molar-refractivity contribution in [1.29, 1.82) is 0 Å². The Kier molecular flexibility index (Phi) is 8.43. The smallest absolute Gasteiger partial charge is 0.348 e. The fraction of sp³-hybridized carbons (Fsp3) is 0.429. The number of nitrogens with zero attached hydrogens (tertiary/aromatic N) is 1. The number of carbonyl (C=O) groups is 2. The van der Waals surface area contributed by atoms with Crippen molar-refractivity contribution in [3.8, 4) is 0 Å². The maximum Gasteiger partial charge on any atom is 0.348 e. The van der Waals surface area contributed by atoms with Crippen LogP contribution in [-0.4, -0.2) is 60.5 Å². The zero-order valence-electron chi connectivity index (χ0n) is 24.1. The number of piperidine rings is 1. The van der Waals surface area contributed by atoms with Gasteiger partial charge < -0.3 is 24.4 Å². The fourth-order valence-electron chi connectivity index (χ4n) is 7.75. The van der Waals surface area contributed by atoms with Gasteiger partial charge in [0.05, 0.1) is 25.2 Å². The number of esters is 2. The van der Waals surface area contributed by atoms with Crippen LogP contribution in [0.4, 0.5) is 0 Å². The van der Waals surface area contributed by atoms with Crippen LogP contribution in [-0.2, 0) is 35.8 Å². The second kappa shape index (κ2) is 12.4. The third kappa shape index (κ3) is 5.49. The highest BCUT2D eigenvalue weighted by molar-refractivity contribution is 5.86. The van der Waals surface area contributed by atoms with Gasteiger partial charge in [-0.15, -0.1) is 0 Å². The summed E-state index contributed by atoms with van der Waals surface area (Å²) in [6.45, 7) is 2.07. The van der Waals surface area contributed by atoms with Crippen LogP contribution in [0.25, 0.3) is 0 Å². The quantitative estimate of drug-likeness (QED) is 0.213. The van der Waals surface area contributed by atoms with Gasteiger partial charge in [0.1, 0.15) is 12.1 Å². The molecule has 0 amide bonds. The predicted octanol–water partition coefficient (Wildman–Crippen LogP) is 4.86. The topological polar surface area (TPSA) is 87.9 Å². The minimum absolute atomic E-state index is 0.170. The maximum absolute atomic E-state index is 14.4. The van der Waals surface area contributed by atoms with Crippen LogP contribution < -0.4 is 5.73 Å². The van der Waals surface area contributed by atoms with Crippen LogP contribution in [0.3, 0.4) is 0 Å². The largest absolute Gasteiger partial charge is 0.459 e. The highest BCUT2D eigenvalue weighted by atomic mass is 16.7. The van der Waals surface area contributed by atoms with Crippen molar-refractivity contribution < 1.29 is 28.3 Å². The van der Waals surface area contributed by atoms with Crippen LogP contribution in [0.15, 0.2) is 91.0 Å². The number of hydrogen-bond acceptors (Lipinski definition) is 6. The molecule has 3 aliphatic rings. The molecule has 3 heterocycles. The summed E-state index contributed by atoms with van der Waals surface area (Å²) in [5, 5.41) is 0. The number of hydrogen-bond donors (Lipinski definition) is 1. The molecule has 6 rings (SSSR count). The number of carbonyl (C=O) groups excluding carboxylic acids is 2. The molecule has 220 valence electrons. The summed E-state index contributed by atoms with van der Waals surface area (Å²) in [6.07, 6.45) is 6.93. The Bertz CT molecular complexity index is 1290. The third-order valence-corrected chi connectivity index (χ3v) is 9.76. The highest BCUT2D eigenvalue weighted by Crippen LogP contribution is 2.47. The molecule has 2 bridgehead atoms. The zero-order chi connectivity index (χ0) is 29.0. The average Bonchev–Trinajstić information content (AvgIpc) is 3.57. The predicted molar refractivity (Wildman–Crippen MR) is 159 cm³/mol. The van der Waals surface area contributed by atoms with E-state index in [9.17, 15) is 9.59 Å². The first kappa shape index (κ1) is 28.6. The first-order valence-corrected chi connectivity index (χ1v) is 15.3. The lowest BCUT2D eigenvalue weighted by atomic mass is 9.85. The second-order valence-electron chi connectivity index (χ2n) is 12.1. The zero-order valence-corrected chi connectivity index (χ0v) is 24.1. The van der Waals surface area contributed by atoms with E-state index in [1.54, 1.807) is 0 Å². The standard InChI is InChI=1S/C35H41N2O5/c36-32(22-26-12-4-1-5-13-26)33(38)40-25-41-35(27-14-6-2-7-15-27,28-16-8-3-9-17-28)34(39)42-31-23-29-18-19-30(24-31)37(29)20-10-11-21-37/h1-9,12-17,29-32H,10-11,18-25,36H2/q+1/t29?,30?,31?,32-/m0/s1. The van der Waals surface area contributed by atoms with E-state index in [0.29, 0.717) is 29.6 Å².